The van der Waals surface area contributed by atoms with Gasteiger partial charge in [0.05, 0.1) is 0 Å². The van der Waals surface area contributed by atoms with Gasteiger partial charge in [-0.1, -0.05) is 24.3 Å². The van der Waals surface area contributed by atoms with E-state index in [0.717, 1.165) is 13.0 Å². The minimum absolute atomic E-state index is 0.0682. The number of nitrogens with one attached hydrogen (secondary N) is 1. The molecule has 1 aromatic carbocycles. The Morgan fingerprint density at radius 1 is 1.36 bits per heavy atom. The van der Waals surface area contributed by atoms with Gasteiger partial charge in [-0.3, -0.25) is 9.59 Å². The first-order valence-corrected chi connectivity index (χ1v) is 8.08. The Balaban J connectivity index is 1.73. The van der Waals surface area contributed by atoms with E-state index in [9.17, 15) is 9.59 Å². The van der Waals surface area contributed by atoms with Gasteiger partial charge in [0.15, 0.2) is 0 Å². The minimum Gasteiger partial charge on any atom is -0.356 e. The molecule has 1 aliphatic rings. The van der Waals surface area contributed by atoms with Gasteiger partial charge in [0.1, 0.15) is 0 Å². The molecule has 4 heteroatoms. The summed E-state index contributed by atoms with van der Waals surface area (Å²) in [5.74, 6) is 0.519. The SMILES string of the molecule is Cc1ccccc1CCC(=O)NCC1CC(=O)N(C(C)C)C1. The predicted molar refractivity (Wildman–Crippen MR) is 87.5 cm³/mol. The quantitative estimate of drug-likeness (QED) is 0.876. The van der Waals surface area contributed by atoms with Crippen molar-refractivity contribution in [3.8, 4) is 0 Å². The standard InChI is InChI=1S/C18H26N2O2/c1-13(2)20-12-15(10-18(20)22)11-19-17(21)9-8-16-7-5-4-6-14(16)3/h4-7,13,15H,8-12H2,1-3H3,(H,19,21). The lowest BCUT2D eigenvalue weighted by Gasteiger charge is -2.21. The molecule has 0 aliphatic carbocycles. The van der Waals surface area contributed by atoms with Crippen LogP contribution in [0.1, 0.15) is 37.8 Å². The number of hydrogen-bond donors (Lipinski definition) is 1. The van der Waals surface area contributed by atoms with Crippen LogP contribution >= 0.6 is 0 Å². The maximum Gasteiger partial charge on any atom is 0.223 e. The molecule has 1 heterocycles. The fraction of sp³-hybridized carbons (Fsp3) is 0.556. The number of nitrogens with zero attached hydrogens (tertiary/aromatic N) is 1. The van der Waals surface area contributed by atoms with Crippen LogP contribution in [0.15, 0.2) is 24.3 Å². The fourth-order valence-electron chi connectivity index (χ4n) is 2.93. The molecule has 0 radical (unpaired) electrons. The first kappa shape index (κ1) is 16.5. The Kier molecular flexibility index (Phi) is 5.58. The zero-order chi connectivity index (χ0) is 16.1. The highest BCUT2D eigenvalue weighted by atomic mass is 16.2. The van der Waals surface area contributed by atoms with E-state index >= 15 is 0 Å². The second-order valence-corrected chi connectivity index (χ2v) is 6.44. The summed E-state index contributed by atoms with van der Waals surface area (Å²) in [6.07, 6.45) is 1.82. The molecule has 4 nitrogen and oxygen atoms in total. The molecule has 22 heavy (non-hydrogen) atoms. The Labute approximate surface area is 132 Å². The van der Waals surface area contributed by atoms with Gasteiger partial charge >= 0.3 is 0 Å². The Morgan fingerprint density at radius 2 is 2.09 bits per heavy atom. The van der Waals surface area contributed by atoms with Crippen LogP contribution < -0.4 is 5.32 Å². The van der Waals surface area contributed by atoms with Crippen molar-refractivity contribution in [3.05, 3.63) is 35.4 Å². The summed E-state index contributed by atoms with van der Waals surface area (Å²) in [4.78, 5) is 25.7. The summed E-state index contributed by atoms with van der Waals surface area (Å²) in [5, 5.41) is 2.98. The van der Waals surface area contributed by atoms with E-state index in [1.54, 1.807) is 0 Å². The summed E-state index contributed by atoms with van der Waals surface area (Å²) >= 11 is 0. The molecule has 0 aromatic heterocycles. The van der Waals surface area contributed by atoms with Gasteiger partial charge in [-0.05, 0) is 38.3 Å². The van der Waals surface area contributed by atoms with Crippen molar-refractivity contribution in [2.75, 3.05) is 13.1 Å². The molecule has 2 amide bonds. The van der Waals surface area contributed by atoms with Crippen LogP contribution in [0.5, 0.6) is 0 Å². The molecule has 0 bridgehead atoms. The molecule has 120 valence electrons. The first-order valence-electron chi connectivity index (χ1n) is 8.08. The van der Waals surface area contributed by atoms with Crippen LogP contribution in [0.4, 0.5) is 0 Å². The van der Waals surface area contributed by atoms with Crippen LogP contribution in [-0.4, -0.2) is 35.8 Å². The highest BCUT2D eigenvalue weighted by Crippen LogP contribution is 2.19. The predicted octanol–water partition coefficient (Wildman–Crippen LogP) is 2.30. The number of carbonyl (C=O) groups excluding carboxylic acids is 2. The third-order valence-electron chi connectivity index (χ3n) is 4.33. The molecule has 0 spiro atoms. The zero-order valence-corrected chi connectivity index (χ0v) is 13.8. The van der Waals surface area contributed by atoms with Crippen molar-refractivity contribution in [1.29, 1.82) is 0 Å². The topological polar surface area (TPSA) is 49.4 Å². The maximum atomic E-state index is 12.0. The van der Waals surface area contributed by atoms with Crippen molar-refractivity contribution in [2.45, 2.75) is 46.1 Å². The smallest absolute Gasteiger partial charge is 0.223 e. The van der Waals surface area contributed by atoms with Crippen LogP contribution in [0, 0.1) is 12.8 Å². The van der Waals surface area contributed by atoms with E-state index in [-0.39, 0.29) is 23.8 Å². The number of carbonyl (C=O) groups is 2. The van der Waals surface area contributed by atoms with Crippen molar-refractivity contribution in [3.63, 3.8) is 0 Å². The summed E-state index contributed by atoms with van der Waals surface area (Å²) in [6.45, 7) is 7.48. The molecule has 0 saturated carbocycles. The minimum atomic E-state index is 0.0682. The number of aryl methyl sites for hydroxylation is 2. The number of amides is 2. The average Bonchev–Trinajstić information content (AvgIpc) is 2.85. The van der Waals surface area contributed by atoms with Gasteiger partial charge in [-0.15, -0.1) is 0 Å². The lowest BCUT2D eigenvalue weighted by atomic mass is 10.0. The first-order chi connectivity index (χ1) is 10.5. The molecule has 1 atom stereocenters. The van der Waals surface area contributed by atoms with Gasteiger partial charge in [0.2, 0.25) is 11.8 Å². The molecule has 1 aliphatic heterocycles. The second-order valence-electron chi connectivity index (χ2n) is 6.44. The van der Waals surface area contributed by atoms with Gasteiger partial charge < -0.3 is 10.2 Å². The Bertz CT molecular complexity index is 540. The van der Waals surface area contributed by atoms with Gasteiger partial charge in [-0.25, -0.2) is 0 Å². The molecular formula is C18H26N2O2. The Hall–Kier alpha value is -1.84. The van der Waals surface area contributed by atoms with Crippen molar-refractivity contribution in [1.82, 2.24) is 10.2 Å². The summed E-state index contributed by atoms with van der Waals surface area (Å²) in [5.41, 5.74) is 2.45. The van der Waals surface area contributed by atoms with Gasteiger partial charge in [-0.2, -0.15) is 0 Å². The van der Waals surface area contributed by atoms with Gasteiger partial charge in [0.25, 0.3) is 0 Å². The monoisotopic (exact) mass is 302 g/mol. The highest BCUT2D eigenvalue weighted by Gasteiger charge is 2.30. The molecule has 1 aromatic rings. The summed E-state index contributed by atoms with van der Waals surface area (Å²) < 4.78 is 0. The fourth-order valence-corrected chi connectivity index (χ4v) is 2.93. The van der Waals surface area contributed by atoms with Crippen molar-refractivity contribution in [2.24, 2.45) is 5.92 Å². The summed E-state index contributed by atoms with van der Waals surface area (Å²) in [6, 6.07) is 8.40. The average molecular weight is 302 g/mol. The lowest BCUT2D eigenvalue weighted by Crippen LogP contribution is -2.34. The molecule has 2 rings (SSSR count). The van der Waals surface area contributed by atoms with Crippen molar-refractivity contribution >= 4 is 11.8 Å². The van der Waals surface area contributed by atoms with Gasteiger partial charge in [0, 0.05) is 37.9 Å². The maximum absolute atomic E-state index is 12.0. The molecule has 1 fully saturated rings. The van der Waals surface area contributed by atoms with Crippen LogP contribution in [0.2, 0.25) is 0 Å². The molecule has 1 saturated heterocycles. The van der Waals surface area contributed by atoms with E-state index in [2.05, 4.69) is 24.4 Å². The number of hydrogen-bond acceptors (Lipinski definition) is 2. The lowest BCUT2D eigenvalue weighted by molar-refractivity contribution is -0.129. The third-order valence-corrected chi connectivity index (χ3v) is 4.33. The third kappa shape index (κ3) is 4.33. The molecule has 1 unspecified atom stereocenters. The van der Waals surface area contributed by atoms with E-state index in [4.69, 9.17) is 0 Å². The van der Waals surface area contributed by atoms with Crippen LogP contribution in [0.25, 0.3) is 0 Å². The normalized spacial score (nSPS) is 18.1. The highest BCUT2D eigenvalue weighted by molar-refractivity contribution is 5.79. The zero-order valence-electron chi connectivity index (χ0n) is 13.8. The number of rotatable bonds is 6. The van der Waals surface area contributed by atoms with E-state index < -0.39 is 0 Å². The Morgan fingerprint density at radius 3 is 2.73 bits per heavy atom. The largest absolute Gasteiger partial charge is 0.356 e. The summed E-state index contributed by atoms with van der Waals surface area (Å²) in [7, 11) is 0. The van der Waals surface area contributed by atoms with Crippen molar-refractivity contribution < 1.29 is 9.59 Å². The van der Waals surface area contributed by atoms with Crippen LogP contribution in [0.3, 0.4) is 0 Å². The van der Waals surface area contributed by atoms with E-state index in [1.165, 1.54) is 11.1 Å². The van der Waals surface area contributed by atoms with Crippen LogP contribution in [-0.2, 0) is 16.0 Å². The number of likely N-dealkylation sites (tertiary alicyclic amines) is 1. The molecular weight excluding hydrogens is 276 g/mol. The number of benzene rings is 1. The molecule has 1 N–H and O–H groups in total. The second kappa shape index (κ2) is 7.43. The van der Waals surface area contributed by atoms with E-state index in [1.807, 2.05) is 30.9 Å². The van der Waals surface area contributed by atoms with E-state index in [0.29, 0.717) is 19.4 Å².